The summed E-state index contributed by atoms with van der Waals surface area (Å²) in [6.45, 7) is 8.09. The highest BCUT2D eigenvalue weighted by atomic mass is 16.5. The van der Waals surface area contributed by atoms with Crippen molar-refractivity contribution >= 4 is 17.3 Å². The normalized spacial score (nSPS) is 22.1. The first-order chi connectivity index (χ1) is 14.7. The van der Waals surface area contributed by atoms with E-state index >= 15 is 0 Å². The number of ether oxygens (including phenoxy) is 1. The molecule has 0 bridgehead atoms. The Labute approximate surface area is 181 Å². The summed E-state index contributed by atoms with van der Waals surface area (Å²) in [6.07, 6.45) is 0.938. The molecule has 156 valence electrons. The number of carbonyl (C=O) groups is 3. The number of hydrogen-bond acceptors (Lipinski definition) is 4. The van der Waals surface area contributed by atoms with Crippen LogP contribution in [0.25, 0.3) is 0 Å². The van der Waals surface area contributed by atoms with Crippen LogP contribution in [-0.4, -0.2) is 17.3 Å². The van der Waals surface area contributed by atoms with Crippen molar-refractivity contribution in [3.8, 4) is 0 Å². The molecule has 0 saturated carbocycles. The maximum absolute atomic E-state index is 13.6. The van der Waals surface area contributed by atoms with Gasteiger partial charge in [-0.05, 0) is 36.0 Å². The zero-order chi connectivity index (χ0) is 22.1. The second-order valence-corrected chi connectivity index (χ2v) is 9.60. The molecule has 3 aliphatic rings. The lowest BCUT2D eigenvalue weighted by Crippen LogP contribution is -2.37. The minimum Gasteiger partial charge on any atom is -0.457 e. The van der Waals surface area contributed by atoms with Gasteiger partial charge in [0.1, 0.15) is 5.76 Å². The van der Waals surface area contributed by atoms with E-state index in [1.54, 1.807) is 24.3 Å². The standard InChI is InChI=1S/C27H24O4/c1-14-9-10-16(11-15(14)2)21-22-19(28)12-27(3,4)13-20(22)31-26-23(21)24(29)17-7-5-6-8-18(17)25(26)30/h5-11,21H,12-13H2,1-4H3. The average Bonchev–Trinajstić information content (AvgIpc) is 2.72. The van der Waals surface area contributed by atoms with Gasteiger partial charge < -0.3 is 4.74 Å². The third kappa shape index (κ3) is 2.93. The Morgan fingerprint density at radius 1 is 0.839 bits per heavy atom. The molecule has 1 atom stereocenters. The second kappa shape index (κ2) is 6.61. The first-order valence-corrected chi connectivity index (χ1v) is 10.6. The van der Waals surface area contributed by atoms with Crippen LogP contribution in [-0.2, 0) is 9.53 Å². The summed E-state index contributed by atoms with van der Waals surface area (Å²) in [6, 6.07) is 12.8. The van der Waals surface area contributed by atoms with E-state index in [1.807, 2.05) is 45.9 Å². The summed E-state index contributed by atoms with van der Waals surface area (Å²) in [5.74, 6) is -0.523. The number of rotatable bonds is 1. The smallest absolute Gasteiger partial charge is 0.229 e. The lowest BCUT2D eigenvalue weighted by molar-refractivity contribution is -0.119. The molecule has 2 aromatic rings. The summed E-state index contributed by atoms with van der Waals surface area (Å²) < 4.78 is 6.11. The summed E-state index contributed by atoms with van der Waals surface area (Å²) in [5, 5.41) is 0. The van der Waals surface area contributed by atoms with Crippen LogP contribution in [0.5, 0.6) is 0 Å². The second-order valence-electron chi connectivity index (χ2n) is 9.60. The molecule has 0 aromatic heterocycles. The zero-order valence-corrected chi connectivity index (χ0v) is 18.2. The molecule has 5 rings (SSSR count). The highest BCUT2D eigenvalue weighted by molar-refractivity contribution is 6.27. The van der Waals surface area contributed by atoms with Crippen LogP contribution in [0, 0.1) is 19.3 Å². The van der Waals surface area contributed by atoms with Crippen molar-refractivity contribution in [2.24, 2.45) is 5.41 Å². The van der Waals surface area contributed by atoms with Gasteiger partial charge in [0.25, 0.3) is 0 Å². The van der Waals surface area contributed by atoms with Gasteiger partial charge in [-0.25, -0.2) is 0 Å². The van der Waals surface area contributed by atoms with Crippen molar-refractivity contribution in [3.05, 3.63) is 92.9 Å². The van der Waals surface area contributed by atoms with Crippen molar-refractivity contribution in [2.75, 3.05) is 0 Å². The molecule has 1 aliphatic heterocycles. The van der Waals surface area contributed by atoms with Crippen molar-refractivity contribution in [3.63, 3.8) is 0 Å². The third-order valence-electron chi connectivity index (χ3n) is 6.66. The molecular weight excluding hydrogens is 388 g/mol. The lowest BCUT2D eigenvalue weighted by atomic mass is 9.67. The maximum atomic E-state index is 13.6. The predicted molar refractivity (Wildman–Crippen MR) is 117 cm³/mol. The fraction of sp³-hybridized carbons (Fsp3) is 0.296. The topological polar surface area (TPSA) is 60.4 Å². The van der Waals surface area contributed by atoms with Gasteiger partial charge in [0.2, 0.25) is 5.78 Å². The fourth-order valence-electron chi connectivity index (χ4n) is 4.97. The molecule has 1 unspecified atom stereocenters. The SMILES string of the molecule is Cc1ccc(C2C3=C(CC(C)(C)CC3=O)OC3=C2C(=O)c2ccccc2C3=O)cc1C. The number of fused-ring (bicyclic) bond motifs is 1. The fourth-order valence-corrected chi connectivity index (χ4v) is 4.97. The molecule has 2 aromatic carbocycles. The number of hydrogen-bond donors (Lipinski definition) is 0. The van der Waals surface area contributed by atoms with E-state index in [4.69, 9.17) is 4.74 Å². The van der Waals surface area contributed by atoms with Crippen molar-refractivity contribution in [1.82, 2.24) is 0 Å². The van der Waals surface area contributed by atoms with E-state index in [0.717, 1.165) is 16.7 Å². The number of ketones is 3. The Kier molecular flexibility index (Phi) is 4.20. The monoisotopic (exact) mass is 412 g/mol. The summed E-state index contributed by atoms with van der Waals surface area (Å²) in [7, 11) is 0. The molecule has 4 nitrogen and oxygen atoms in total. The number of aryl methyl sites for hydroxylation is 2. The van der Waals surface area contributed by atoms with Gasteiger partial charge in [-0.1, -0.05) is 56.3 Å². The summed E-state index contributed by atoms with van der Waals surface area (Å²) in [5.41, 5.74) is 4.34. The van der Waals surface area contributed by atoms with Crippen LogP contribution in [0.4, 0.5) is 0 Å². The van der Waals surface area contributed by atoms with Crippen LogP contribution in [0.2, 0.25) is 0 Å². The van der Waals surface area contributed by atoms with Crippen molar-refractivity contribution in [2.45, 2.75) is 46.5 Å². The van der Waals surface area contributed by atoms with Crippen LogP contribution >= 0.6 is 0 Å². The van der Waals surface area contributed by atoms with Gasteiger partial charge in [-0.2, -0.15) is 0 Å². The molecule has 0 fully saturated rings. The zero-order valence-electron chi connectivity index (χ0n) is 18.2. The van der Waals surface area contributed by atoms with Gasteiger partial charge in [-0.3, -0.25) is 14.4 Å². The van der Waals surface area contributed by atoms with Gasteiger partial charge in [0.05, 0.1) is 5.57 Å². The highest BCUT2D eigenvalue weighted by Crippen LogP contribution is 2.51. The number of Topliss-reactive ketones (excluding diaryl/α,β-unsaturated/α-hetero) is 3. The molecule has 0 amide bonds. The predicted octanol–water partition coefficient (Wildman–Crippen LogP) is 5.39. The van der Waals surface area contributed by atoms with Crippen LogP contribution < -0.4 is 0 Å². The van der Waals surface area contributed by atoms with Gasteiger partial charge in [0.15, 0.2) is 17.3 Å². The highest BCUT2D eigenvalue weighted by Gasteiger charge is 2.48. The van der Waals surface area contributed by atoms with Crippen molar-refractivity contribution in [1.29, 1.82) is 0 Å². The molecular formula is C27H24O4. The number of benzene rings is 2. The largest absolute Gasteiger partial charge is 0.457 e. The molecule has 0 N–H and O–H groups in total. The van der Waals surface area contributed by atoms with Gasteiger partial charge >= 0.3 is 0 Å². The first kappa shape index (κ1) is 19.7. The minimum atomic E-state index is -0.591. The summed E-state index contributed by atoms with van der Waals surface area (Å²) in [4.78, 5) is 40.3. The Morgan fingerprint density at radius 3 is 2.19 bits per heavy atom. The van der Waals surface area contributed by atoms with E-state index in [-0.39, 0.29) is 28.5 Å². The molecule has 2 aliphatic carbocycles. The Morgan fingerprint density at radius 2 is 1.52 bits per heavy atom. The van der Waals surface area contributed by atoms with Gasteiger partial charge in [0, 0.05) is 35.5 Å². The van der Waals surface area contributed by atoms with E-state index in [9.17, 15) is 14.4 Å². The lowest BCUT2D eigenvalue weighted by Gasteiger charge is -2.40. The number of carbonyl (C=O) groups excluding carboxylic acids is 3. The van der Waals surface area contributed by atoms with Crippen LogP contribution in [0.15, 0.2) is 65.1 Å². The molecule has 1 heterocycles. The maximum Gasteiger partial charge on any atom is 0.229 e. The van der Waals surface area contributed by atoms with Crippen molar-refractivity contribution < 1.29 is 19.1 Å². The van der Waals surface area contributed by atoms with E-state index in [1.165, 1.54) is 0 Å². The Bertz CT molecular complexity index is 1260. The quantitative estimate of drug-likeness (QED) is 0.630. The number of allylic oxidation sites excluding steroid dienone is 4. The van der Waals surface area contributed by atoms with Gasteiger partial charge in [-0.15, -0.1) is 0 Å². The van der Waals surface area contributed by atoms with E-state index in [2.05, 4.69) is 0 Å². The molecule has 0 saturated heterocycles. The molecule has 31 heavy (non-hydrogen) atoms. The first-order valence-electron chi connectivity index (χ1n) is 10.6. The third-order valence-corrected chi connectivity index (χ3v) is 6.66. The summed E-state index contributed by atoms with van der Waals surface area (Å²) >= 11 is 0. The molecule has 4 heteroatoms. The molecule has 0 spiro atoms. The minimum absolute atomic E-state index is 0.0138. The Hall–Kier alpha value is -3.27. The van der Waals surface area contributed by atoms with E-state index < -0.39 is 5.92 Å². The molecule has 0 radical (unpaired) electrons. The van der Waals surface area contributed by atoms with Crippen LogP contribution in [0.1, 0.15) is 70.0 Å². The average molecular weight is 412 g/mol. The Balaban J connectivity index is 1.78. The van der Waals surface area contributed by atoms with Crippen LogP contribution in [0.3, 0.4) is 0 Å². The van der Waals surface area contributed by atoms with E-state index in [0.29, 0.717) is 40.9 Å².